The lowest BCUT2D eigenvalue weighted by atomic mass is 9.68. The second kappa shape index (κ2) is 4.01. The fourth-order valence-electron chi connectivity index (χ4n) is 2.31. The summed E-state index contributed by atoms with van der Waals surface area (Å²) in [6.45, 7) is 8.37. The smallest absolute Gasteiger partial charge is 0.138 e. The van der Waals surface area contributed by atoms with Gasteiger partial charge in [-0.25, -0.2) is 0 Å². The van der Waals surface area contributed by atoms with Gasteiger partial charge in [0, 0.05) is 12.3 Å². The first kappa shape index (κ1) is 11.7. The van der Waals surface area contributed by atoms with Crippen molar-refractivity contribution in [3.05, 3.63) is 0 Å². The van der Waals surface area contributed by atoms with Crippen molar-refractivity contribution in [1.82, 2.24) is 0 Å². The van der Waals surface area contributed by atoms with E-state index in [1.807, 2.05) is 0 Å². The molecular formula is C12H22O2. The van der Waals surface area contributed by atoms with Crippen molar-refractivity contribution in [1.29, 1.82) is 0 Å². The number of carbonyl (C=O) groups is 1. The number of aliphatic hydroxyl groups excluding tert-OH is 1. The zero-order chi connectivity index (χ0) is 10.9. The monoisotopic (exact) mass is 198 g/mol. The van der Waals surface area contributed by atoms with Crippen molar-refractivity contribution >= 4 is 5.78 Å². The van der Waals surface area contributed by atoms with Gasteiger partial charge in [0.15, 0.2) is 0 Å². The molecule has 82 valence electrons. The van der Waals surface area contributed by atoms with Crippen LogP contribution in [0.25, 0.3) is 0 Å². The Bertz CT molecular complexity index is 213. The third kappa shape index (κ3) is 2.57. The Hall–Kier alpha value is -0.370. The zero-order valence-electron chi connectivity index (χ0n) is 9.71. The van der Waals surface area contributed by atoms with Gasteiger partial charge in [-0.2, -0.15) is 0 Å². The minimum atomic E-state index is -0.479. The molecule has 0 spiro atoms. The maximum atomic E-state index is 11.5. The second-order valence-electron chi connectivity index (χ2n) is 5.65. The van der Waals surface area contributed by atoms with Crippen LogP contribution in [0, 0.1) is 17.3 Å². The van der Waals surface area contributed by atoms with Crippen molar-refractivity contribution in [3.8, 4) is 0 Å². The maximum absolute atomic E-state index is 11.5. The molecule has 3 unspecified atom stereocenters. The molecule has 3 atom stereocenters. The summed E-state index contributed by atoms with van der Waals surface area (Å²) < 4.78 is 0. The van der Waals surface area contributed by atoms with Gasteiger partial charge in [-0.15, -0.1) is 0 Å². The third-order valence-electron chi connectivity index (χ3n) is 3.50. The largest absolute Gasteiger partial charge is 0.393 e. The van der Waals surface area contributed by atoms with Crippen LogP contribution < -0.4 is 0 Å². The van der Waals surface area contributed by atoms with Gasteiger partial charge in [0.1, 0.15) is 5.78 Å². The summed E-state index contributed by atoms with van der Waals surface area (Å²) in [5, 5.41) is 9.51. The quantitative estimate of drug-likeness (QED) is 0.702. The van der Waals surface area contributed by atoms with E-state index in [-0.39, 0.29) is 17.1 Å². The van der Waals surface area contributed by atoms with Crippen LogP contribution in [0.15, 0.2) is 0 Å². The van der Waals surface area contributed by atoms with E-state index in [4.69, 9.17) is 0 Å². The number of rotatable bonds is 1. The van der Waals surface area contributed by atoms with Crippen LogP contribution in [0.2, 0.25) is 0 Å². The maximum Gasteiger partial charge on any atom is 0.138 e. The number of aliphatic hydroxyl groups is 1. The Morgan fingerprint density at radius 1 is 1.43 bits per heavy atom. The highest BCUT2D eigenvalue weighted by Gasteiger charge is 2.36. The summed E-state index contributed by atoms with van der Waals surface area (Å²) >= 11 is 0. The molecule has 1 fully saturated rings. The molecule has 0 amide bonds. The van der Waals surface area contributed by atoms with E-state index in [0.717, 1.165) is 12.8 Å². The molecule has 2 nitrogen and oxygen atoms in total. The molecular weight excluding hydrogens is 176 g/mol. The lowest BCUT2D eigenvalue weighted by Gasteiger charge is -2.37. The summed E-state index contributed by atoms with van der Waals surface area (Å²) in [5.41, 5.74) is 0.258. The minimum Gasteiger partial charge on any atom is -0.393 e. The predicted octanol–water partition coefficient (Wildman–Crippen LogP) is 2.40. The van der Waals surface area contributed by atoms with Crippen LogP contribution in [0.5, 0.6) is 0 Å². The number of ketones is 1. The van der Waals surface area contributed by atoms with E-state index in [1.54, 1.807) is 6.92 Å². The van der Waals surface area contributed by atoms with Crippen molar-refractivity contribution in [2.24, 2.45) is 17.3 Å². The predicted molar refractivity (Wildman–Crippen MR) is 57.0 cm³/mol. The standard InChI is InChI=1S/C12H22O2/c1-8(13)10-7-9(12(2,3)4)5-6-11(10)14/h8-10,13H,5-7H2,1-4H3. The third-order valence-corrected chi connectivity index (χ3v) is 3.50. The first-order valence-electron chi connectivity index (χ1n) is 5.53. The highest BCUT2D eigenvalue weighted by molar-refractivity contribution is 5.82. The van der Waals surface area contributed by atoms with E-state index in [0.29, 0.717) is 12.3 Å². The summed E-state index contributed by atoms with van der Waals surface area (Å²) in [4.78, 5) is 11.5. The summed E-state index contributed by atoms with van der Waals surface area (Å²) in [6, 6.07) is 0. The van der Waals surface area contributed by atoms with E-state index < -0.39 is 6.10 Å². The van der Waals surface area contributed by atoms with E-state index >= 15 is 0 Å². The van der Waals surface area contributed by atoms with Gasteiger partial charge in [0.2, 0.25) is 0 Å². The molecule has 1 N–H and O–H groups in total. The molecule has 0 bridgehead atoms. The molecule has 0 saturated heterocycles. The molecule has 14 heavy (non-hydrogen) atoms. The average Bonchev–Trinajstić information content (AvgIpc) is 2.02. The molecule has 1 aliphatic rings. The minimum absolute atomic E-state index is 0.118. The number of Topliss-reactive ketones (excluding diaryl/α,β-unsaturated/α-hetero) is 1. The molecule has 0 aromatic carbocycles. The Morgan fingerprint density at radius 2 is 2.00 bits per heavy atom. The summed E-state index contributed by atoms with van der Waals surface area (Å²) in [7, 11) is 0. The van der Waals surface area contributed by atoms with Gasteiger partial charge >= 0.3 is 0 Å². The van der Waals surface area contributed by atoms with E-state index in [9.17, 15) is 9.90 Å². The van der Waals surface area contributed by atoms with Crippen molar-refractivity contribution in [2.45, 2.75) is 53.1 Å². The van der Waals surface area contributed by atoms with Crippen LogP contribution in [0.1, 0.15) is 47.0 Å². The lowest BCUT2D eigenvalue weighted by Crippen LogP contribution is -2.36. The molecule has 0 aliphatic heterocycles. The topological polar surface area (TPSA) is 37.3 Å². The van der Waals surface area contributed by atoms with Gasteiger partial charge in [-0.05, 0) is 31.1 Å². The van der Waals surface area contributed by atoms with Gasteiger partial charge in [-0.1, -0.05) is 20.8 Å². The highest BCUT2D eigenvalue weighted by atomic mass is 16.3. The first-order valence-corrected chi connectivity index (χ1v) is 5.53. The molecule has 0 heterocycles. The van der Waals surface area contributed by atoms with Gasteiger partial charge in [0.25, 0.3) is 0 Å². The van der Waals surface area contributed by atoms with Gasteiger partial charge < -0.3 is 5.11 Å². The summed E-state index contributed by atoms with van der Waals surface area (Å²) in [5.74, 6) is 0.702. The number of hydrogen-bond acceptors (Lipinski definition) is 2. The SMILES string of the molecule is CC(O)C1CC(C(C)(C)C)CCC1=O. The molecule has 1 saturated carbocycles. The Labute approximate surface area is 86.7 Å². The van der Waals surface area contributed by atoms with Crippen LogP contribution in [-0.4, -0.2) is 17.0 Å². The Balaban J connectivity index is 2.67. The fraction of sp³-hybridized carbons (Fsp3) is 0.917. The van der Waals surface area contributed by atoms with Crippen molar-refractivity contribution in [2.75, 3.05) is 0 Å². The van der Waals surface area contributed by atoms with Gasteiger partial charge in [-0.3, -0.25) is 4.79 Å². The van der Waals surface area contributed by atoms with Crippen molar-refractivity contribution < 1.29 is 9.90 Å². The summed E-state index contributed by atoms with van der Waals surface area (Å²) in [6.07, 6.45) is 2.02. The molecule has 1 aliphatic carbocycles. The number of carbonyl (C=O) groups excluding carboxylic acids is 1. The molecule has 0 aromatic rings. The first-order chi connectivity index (χ1) is 6.32. The van der Waals surface area contributed by atoms with Crippen LogP contribution in [0.3, 0.4) is 0 Å². The molecule has 0 aromatic heterocycles. The zero-order valence-corrected chi connectivity index (χ0v) is 9.71. The average molecular weight is 198 g/mol. The second-order valence-corrected chi connectivity index (χ2v) is 5.65. The van der Waals surface area contributed by atoms with Crippen LogP contribution >= 0.6 is 0 Å². The Kier molecular flexibility index (Phi) is 3.36. The number of hydrogen-bond donors (Lipinski definition) is 1. The normalized spacial score (nSPS) is 31.6. The lowest BCUT2D eigenvalue weighted by molar-refractivity contribution is -0.130. The van der Waals surface area contributed by atoms with Crippen LogP contribution in [0.4, 0.5) is 0 Å². The van der Waals surface area contributed by atoms with Gasteiger partial charge in [0.05, 0.1) is 6.10 Å². The van der Waals surface area contributed by atoms with Crippen LogP contribution in [-0.2, 0) is 4.79 Å². The molecule has 0 radical (unpaired) electrons. The van der Waals surface area contributed by atoms with E-state index in [2.05, 4.69) is 20.8 Å². The highest BCUT2D eigenvalue weighted by Crippen LogP contribution is 2.39. The van der Waals surface area contributed by atoms with Crippen molar-refractivity contribution in [3.63, 3.8) is 0 Å². The molecule has 1 rings (SSSR count). The fourth-order valence-corrected chi connectivity index (χ4v) is 2.31. The van der Waals surface area contributed by atoms with E-state index in [1.165, 1.54) is 0 Å². The molecule has 2 heteroatoms. The Morgan fingerprint density at radius 3 is 2.43 bits per heavy atom.